The molecule has 0 spiro atoms. The lowest BCUT2D eigenvalue weighted by Crippen LogP contribution is -2.45. The molecule has 16 nitrogen and oxygen atoms in total. The Morgan fingerprint density at radius 2 is 0.915 bits per heavy atom. The summed E-state index contributed by atoms with van der Waals surface area (Å²) in [5.41, 5.74) is 2.34. The molecule has 6 rings (SSSR count). The first-order chi connectivity index (χ1) is 39.7. The van der Waals surface area contributed by atoms with Crippen LogP contribution in [0.15, 0.2) is 113 Å². The molecule has 0 atom stereocenters. The van der Waals surface area contributed by atoms with Gasteiger partial charge in [0, 0.05) is 138 Å². The lowest BCUT2D eigenvalue weighted by molar-refractivity contribution is -0.137. The number of nitrogens with one attached hydrogen (secondary N) is 5. The minimum atomic E-state index is -0.490. The van der Waals surface area contributed by atoms with Crippen molar-refractivity contribution in [3.8, 4) is 0 Å². The largest absolute Gasteiger partial charge is 0.356 e. The number of likely N-dealkylation sites (N-methyl/N-ethyl adjacent to an activating group) is 2. The number of halogens is 2. The van der Waals surface area contributed by atoms with Crippen LogP contribution in [-0.2, 0) is 28.8 Å². The highest BCUT2D eigenvalue weighted by molar-refractivity contribution is 9.10. The molecule has 4 aromatic rings. The minimum Gasteiger partial charge on any atom is -0.356 e. The van der Waals surface area contributed by atoms with E-state index in [1.54, 1.807) is 12.1 Å². The summed E-state index contributed by atoms with van der Waals surface area (Å²) in [5, 5.41) is 15.0. The van der Waals surface area contributed by atoms with Crippen LogP contribution >= 0.6 is 55.4 Å². The van der Waals surface area contributed by atoms with Crippen LogP contribution in [0, 0.1) is 0 Å². The van der Waals surface area contributed by atoms with Crippen molar-refractivity contribution in [1.82, 2.24) is 29.8 Å². The van der Waals surface area contributed by atoms with Gasteiger partial charge in [0.15, 0.2) is 0 Å². The number of hydrogen-bond acceptors (Lipinski definition) is 12. The SMILES string of the molecule is CCCCCCCCCCCCCC(=O)NCCCC(=O)N(CC(=O)Nc1cccc(Sc2ccc(Br)cc2NC(=O)CCN2CCN(C)CC2)c1)CC(=O)Nc1cccc(Sc2ccc(Br)cc2NC(=O)CCN2CCN(C)CC2)c1. The fourth-order valence-corrected chi connectivity index (χ4v) is 12.2. The maximum absolute atomic E-state index is 14.0. The van der Waals surface area contributed by atoms with E-state index >= 15 is 0 Å². The van der Waals surface area contributed by atoms with Gasteiger partial charge >= 0.3 is 0 Å². The van der Waals surface area contributed by atoms with Gasteiger partial charge in [0.1, 0.15) is 13.1 Å². The lowest BCUT2D eigenvalue weighted by atomic mass is 10.1. The molecule has 2 aliphatic rings. The predicted octanol–water partition coefficient (Wildman–Crippen LogP) is 11.7. The number of carbonyl (C=O) groups is 6. The van der Waals surface area contributed by atoms with E-state index in [0.29, 0.717) is 68.1 Å². The van der Waals surface area contributed by atoms with Gasteiger partial charge in [0.05, 0.1) is 11.4 Å². The first-order valence-corrected chi connectivity index (χ1v) is 32.6. The number of benzene rings is 4. The molecule has 2 fully saturated rings. The summed E-state index contributed by atoms with van der Waals surface area (Å²) < 4.78 is 1.65. The third-order valence-electron chi connectivity index (χ3n) is 14.5. The van der Waals surface area contributed by atoms with E-state index in [4.69, 9.17) is 0 Å². The van der Waals surface area contributed by atoms with Crippen molar-refractivity contribution in [3.63, 3.8) is 0 Å². The summed E-state index contributed by atoms with van der Waals surface area (Å²) >= 11 is 10.00. The van der Waals surface area contributed by atoms with Crippen LogP contribution in [0.2, 0.25) is 0 Å². The standard InChI is InChI=1S/C62H86Br2N10O6S2/c1-4-5-6-7-8-9-10-11-12-13-14-22-57(75)65-30-17-23-62(80)74(45-60(78)66-49-18-15-20-51(43-49)81-55-26-24-47(63)41-53(55)68-58(76)28-31-72-37-33-70(2)34-38-72)46-61(79)67-50-19-16-21-52(44-50)82-56-27-25-48(64)42-54(56)69-59(77)29-32-73-39-35-71(3)36-40-73/h15-16,18-21,24-27,41-44H,4-14,17,22-23,28-40,45-46H2,1-3H3,(H,65,75)(H,66,78)(H,67,79)(H,68,76)(H,69,77). The summed E-state index contributed by atoms with van der Waals surface area (Å²) in [7, 11) is 4.22. The molecule has 0 aliphatic carbocycles. The highest BCUT2D eigenvalue weighted by Gasteiger charge is 2.23. The van der Waals surface area contributed by atoms with Gasteiger partial charge in [-0.2, -0.15) is 0 Å². The van der Waals surface area contributed by atoms with Crippen molar-refractivity contribution in [1.29, 1.82) is 0 Å². The highest BCUT2D eigenvalue weighted by Crippen LogP contribution is 2.38. The van der Waals surface area contributed by atoms with Gasteiger partial charge in [-0.25, -0.2) is 0 Å². The van der Waals surface area contributed by atoms with Gasteiger partial charge < -0.3 is 51.1 Å². The van der Waals surface area contributed by atoms with E-state index in [-0.39, 0.29) is 24.1 Å². The molecule has 0 aromatic heterocycles. The third kappa shape index (κ3) is 25.6. The lowest BCUT2D eigenvalue weighted by Gasteiger charge is -2.32. The van der Waals surface area contributed by atoms with Gasteiger partial charge in [0.25, 0.3) is 0 Å². The van der Waals surface area contributed by atoms with Gasteiger partial charge in [-0.15, -0.1) is 0 Å². The summed E-state index contributed by atoms with van der Waals surface area (Å²) in [6, 6.07) is 26.1. The smallest absolute Gasteiger partial charge is 0.244 e. The summed E-state index contributed by atoms with van der Waals surface area (Å²) in [6.07, 6.45) is 14.8. The molecule has 82 heavy (non-hydrogen) atoms. The molecule has 446 valence electrons. The van der Waals surface area contributed by atoms with E-state index in [2.05, 4.69) is 99.1 Å². The number of nitrogens with zero attached hydrogens (tertiary/aromatic N) is 5. The van der Waals surface area contributed by atoms with Crippen LogP contribution < -0.4 is 26.6 Å². The van der Waals surface area contributed by atoms with Crippen LogP contribution in [0.1, 0.15) is 110 Å². The predicted molar refractivity (Wildman–Crippen MR) is 341 cm³/mol. The Morgan fingerprint density at radius 1 is 0.476 bits per heavy atom. The molecule has 2 aliphatic heterocycles. The second-order valence-corrected chi connectivity index (χ2v) is 25.6. The quantitative estimate of drug-likeness (QED) is 0.0280. The molecule has 0 bridgehead atoms. The van der Waals surface area contributed by atoms with Crippen LogP contribution in [0.4, 0.5) is 22.7 Å². The second kappa shape index (κ2) is 36.8. The van der Waals surface area contributed by atoms with Gasteiger partial charge in [-0.1, -0.05) is 139 Å². The Balaban J connectivity index is 1.04. The zero-order valence-electron chi connectivity index (χ0n) is 48.3. The van der Waals surface area contributed by atoms with Crippen LogP contribution in [-0.4, -0.2) is 159 Å². The Hall–Kier alpha value is -4.80. The summed E-state index contributed by atoms with van der Waals surface area (Å²) in [6.45, 7) is 10.8. The second-order valence-electron chi connectivity index (χ2n) is 21.5. The molecule has 0 radical (unpaired) electrons. The Bertz CT molecular complexity index is 2540. The van der Waals surface area contributed by atoms with Crippen molar-refractivity contribution < 1.29 is 28.8 Å². The molecular formula is C62H86Br2N10O6S2. The fraction of sp³-hybridized carbons (Fsp3) is 0.516. The van der Waals surface area contributed by atoms with Crippen LogP contribution in [0.3, 0.4) is 0 Å². The van der Waals surface area contributed by atoms with E-state index in [1.165, 1.54) is 79.8 Å². The number of rotatable bonds is 34. The van der Waals surface area contributed by atoms with Gasteiger partial charge in [-0.05, 0) is 99.7 Å². The Kier molecular flexibility index (Phi) is 29.8. The van der Waals surface area contributed by atoms with Crippen molar-refractivity contribution in [2.45, 2.75) is 129 Å². The zero-order chi connectivity index (χ0) is 58.5. The topological polar surface area (TPSA) is 179 Å². The van der Waals surface area contributed by atoms with Crippen molar-refractivity contribution in [2.75, 3.05) is 120 Å². The highest BCUT2D eigenvalue weighted by atomic mass is 79.9. The molecule has 5 N–H and O–H groups in total. The first-order valence-electron chi connectivity index (χ1n) is 29.4. The number of amides is 6. The number of hydrogen-bond donors (Lipinski definition) is 5. The molecule has 4 aromatic carbocycles. The third-order valence-corrected chi connectivity index (χ3v) is 17.7. The van der Waals surface area contributed by atoms with E-state index in [9.17, 15) is 28.8 Å². The van der Waals surface area contributed by atoms with E-state index in [0.717, 1.165) is 100 Å². The van der Waals surface area contributed by atoms with E-state index in [1.807, 2.05) is 72.8 Å². The number of piperazine rings is 2. The first kappa shape index (κ1) is 66.3. The Morgan fingerprint density at radius 3 is 1.37 bits per heavy atom. The Labute approximate surface area is 512 Å². The minimum absolute atomic E-state index is 0.0152. The number of anilines is 4. The molecule has 0 unspecified atom stereocenters. The van der Waals surface area contributed by atoms with E-state index < -0.39 is 30.8 Å². The van der Waals surface area contributed by atoms with Crippen LogP contribution in [0.5, 0.6) is 0 Å². The molecular weight excluding hydrogens is 1200 g/mol. The molecule has 0 saturated carbocycles. The molecule has 2 saturated heterocycles. The average molecular weight is 1290 g/mol. The summed E-state index contributed by atoms with van der Waals surface area (Å²) in [4.78, 5) is 94.5. The number of unbranched alkanes of at least 4 members (excludes halogenated alkanes) is 10. The number of carbonyl (C=O) groups excluding carboxylic acids is 6. The van der Waals surface area contributed by atoms with Crippen molar-refractivity contribution in [2.24, 2.45) is 0 Å². The molecule has 20 heteroatoms. The normalized spacial score (nSPS) is 14.3. The molecule has 2 heterocycles. The molecule has 6 amide bonds. The van der Waals surface area contributed by atoms with Gasteiger partial charge in [0.2, 0.25) is 35.4 Å². The maximum atomic E-state index is 14.0. The van der Waals surface area contributed by atoms with Gasteiger partial charge in [-0.3, -0.25) is 28.8 Å². The monoisotopic (exact) mass is 1290 g/mol. The zero-order valence-corrected chi connectivity index (χ0v) is 53.2. The average Bonchev–Trinajstić information content (AvgIpc) is 3.63. The van der Waals surface area contributed by atoms with Crippen LogP contribution in [0.25, 0.3) is 0 Å². The fourth-order valence-electron chi connectivity index (χ4n) is 9.64. The summed E-state index contributed by atoms with van der Waals surface area (Å²) in [5.74, 6) is -1.57. The maximum Gasteiger partial charge on any atom is 0.244 e. The van der Waals surface area contributed by atoms with Crippen molar-refractivity contribution in [3.05, 3.63) is 93.9 Å². The van der Waals surface area contributed by atoms with Crippen molar-refractivity contribution >= 4 is 114 Å².